The summed E-state index contributed by atoms with van der Waals surface area (Å²) in [4.78, 5) is 40.1. The molecule has 2 unspecified atom stereocenters. The van der Waals surface area contributed by atoms with E-state index in [1.165, 1.54) is 6.42 Å². The molecule has 2 fully saturated rings. The number of halogens is 6. The summed E-state index contributed by atoms with van der Waals surface area (Å²) in [6, 6.07) is 31.1. The summed E-state index contributed by atoms with van der Waals surface area (Å²) in [6.45, 7) is 7.76. The number of ether oxygens (including phenoxy) is 3. The fourth-order valence-electron chi connectivity index (χ4n) is 12.8. The first-order valence-electron chi connectivity index (χ1n) is 32.3. The highest BCUT2D eigenvalue weighted by molar-refractivity contribution is 7.08. The van der Waals surface area contributed by atoms with Crippen molar-refractivity contribution >= 4 is 156 Å². The lowest BCUT2D eigenvalue weighted by atomic mass is 9.99. The topological polar surface area (TPSA) is 195 Å². The minimum atomic E-state index is -0.575. The zero-order chi connectivity index (χ0) is 69.6. The maximum Gasteiger partial charge on any atom is 0.286 e. The Labute approximate surface area is 619 Å². The van der Waals surface area contributed by atoms with Crippen LogP contribution in [-0.4, -0.2) is 114 Å². The fraction of sp³-hybridized carbons (Fsp3) is 0.260. The molecule has 4 aromatic carbocycles. The van der Waals surface area contributed by atoms with Gasteiger partial charge in [-0.15, -0.1) is 0 Å². The van der Waals surface area contributed by atoms with Crippen molar-refractivity contribution in [1.29, 1.82) is 0 Å². The van der Waals surface area contributed by atoms with Crippen molar-refractivity contribution < 1.29 is 33.7 Å². The van der Waals surface area contributed by atoms with Crippen LogP contribution in [0.2, 0.25) is 30.1 Å². The van der Waals surface area contributed by atoms with E-state index in [1.54, 1.807) is 90.5 Å². The molecule has 0 aliphatic carbocycles. The number of thiophene rings is 3. The molecule has 11 heterocycles. The number of aliphatic hydroxyl groups excluding tert-OH is 1. The zero-order valence-corrected chi connectivity index (χ0v) is 61.1. The lowest BCUT2D eigenvalue weighted by Gasteiger charge is -2.38. The number of rotatable bonds is 14. The van der Waals surface area contributed by atoms with E-state index in [4.69, 9.17) is 99.1 Å². The number of nitrogens with zero attached hydrogens (tertiary/aromatic N) is 8. The first kappa shape index (κ1) is 71.1. The van der Waals surface area contributed by atoms with E-state index in [9.17, 15) is 19.5 Å². The highest BCUT2D eigenvalue weighted by Gasteiger charge is 2.36. The number of carbonyl (C=O) groups excluding carboxylic acids is 3. The Balaban J connectivity index is 0.000000135. The lowest BCUT2D eigenvalue weighted by Crippen LogP contribution is -2.54. The average molecular weight is 1520 g/mol. The molecule has 0 bridgehead atoms. The van der Waals surface area contributed by atoms with Crippen LogP contribution in [-0.2, 0) is 34.0 Å². The number of hydrazine groups is 2. The molecule has 2 saturated heterocycles. The van der Waals surface area contributed by atoms with Gasteiger partial charge in [0.1, 0.15) is 0 Å². The molecule has 0 saturated carbocycles. The molecule has 27 heteroatoms. The van der Waals surface area contributed by atoms with Gasteiger partial charge in [-0.3, -0.25) is 25.2 Å². The SMILES string of the molecule is CC1CCCC(C)N1NC(=O)c1nn(-c2ccc(Cl)cc2Cl)c2c1COC/C2=C\c1ccsc1.O=C(NN1CCCC1)c1nn(-c2ccc(Cl)cc2Cl)c2c1COC/C2=C\c1ccsc1.O=C(N[C@H](CO)c1ccccc1)c1nn(-c2ccc(Cl)cc2Cl)c2c1COC/C2=C\c1ccsc1. The number of fused-ring (bicyclic) bond motifs is 3. The van der Waals surface area contributed by atoms with Crippen molar-refractivity contribution in [2.45, 2.75) is 83.9 Å². The van der Waals surface area contributed by atoms with Crippen LogP contribution in [0.25, 0.3) is 52.0 Å². The summed E-state index contributed by atoms with van der Waals surface area (Å²) in [5.41, 5.74) is 20.3. The van der Waals surface area contributed by atoms with E-state index < -0.39 is 11.9 Å². The molecule has 516 valence electrons. The van der Waals surface area contributed by atoms with Crippen molar-refractivity contribution in [3.05, 3.63) is 239 Å². The molecular weight excluding hydrogens is 1450 g/mol. The molecular formula is C73H67Cl6N11O7S3. The van der Waals surface area contributed by atoms with Crippen LogP contribution in [0.15, 0.2) is 135 Å². The summed E-state index contributed by atoms with van der Waals surface area (Å²) in [7, 11) is 0. The number of hydrogen-bond acceptors (Lipinski definition) is 15. The third-order valence-electron chi connectivity index (χ3n) is 17.6. The summed E-state index contributed by atoms with van der Waals surface area (Å²) in [5.74, 6) is -0.878. The van der Waals surface area contributed by atoms with Crippen molar-refractivity contribution in [2.24, 2.45) is 0 Å². The number of aliphatic hydroxyl groups is 1. The van der Waals surface area contributed by atoms with Crippen molar-refractivity contribution in [3.8, 4) is 17.1 Å². The second kappa shape index (κ2) is 32.4. The van der Waals surface area contributed by atoms with Gasteiger partial charge in [0, 0.05) is 73.7 Å². The quantitative estimate of drug-likeness (QED) is 0.0806. The van der Waals surface area contributed by atoms with Gasteiger partial charge in [0.2, 0.25) is 0 Å². The summed E-state index contributed by atoms with van der Waals surface area (Å²) >= 11 is 42.9. The predicted molar refractivity (Wildman–Crippen MR) is 400 cm³/mol. The zero-order valence-electron chi connectivity index (χ0n) is 54.1. The molecule has 3 atom stereocenters. The van der Waals surface area contributed by atoms with Crippen molar-refractivity contribution in [3.63, 3.8) is 0 Å². The Morgan fingerprint density at radius 1 is 0.520 bits per heavy atom. The third kappa shape index (κ3) is 16.0. The van der Waals surface area contributed by atoms with Crippen LogP contribution >= 0.6 is 104 Å². The molecule has 5 aliphatic rings. The van der Waals surface area contributed by atoms with E-state index >= 15 is 0 Å². The first-order chi connectivity index (χ1) is 48.6. The van der Waals surface area contributed by atoms with Gasteiger partial charge >= 0.3 is 0 Å². The Kier molecular flexibility index (Phi) is 23.0. The second-order valence-electron chi connectivity index (χ2n) is 24.4. The minimum absolute atomic E-state index is 0.219. The van der Waals surface area contributed by atoms with Gasteiger partial charge < -0.3 is 24.6 Å². The molecule has 10 aromatic rings. The molecule has 0 spiro atoms. The minimum Gasteiger partial charge on any atom is -0.394 e. The van der Waals surface area contributed by atoms with E-state index in [1.807, 2.05) is 87.2 Å². The van der Waals surface area contributed by atoms with Gasteiger partial charge in [-0.05, 0) is 185 Å². The molecule has 0 radical (unpaired) electrons. The second-order valence-corrected chi connectivity index (χ2v) is 29.3. The van der Waals surface area contributed by atoms with E-state index in [0.717, 1.165) is 106 Å². The van der Waals surface area contributed by atoms with E-state index in [2.05, 4.69) is 64.0 Å². The first-order valence-corrected chi connectivity index (χ1v) is 37.4. The van der Waals surface area contributed by atoms with Crippen LogP contribution in [0.3, 0.4) is 0 Å². The molecule has 5 aliphatic heterocycles. The summed E-state index contributed by atoms with van der Waals surface area (Å²) in [6.07, 6.45) is 11.6. The number of piperidine rings is 1. The van der Waals surface area contributed by atoms with Gasteiger partial charge in [-0.2, -0.15) is 49.3 Å². The number of aromatic nitrogens is 6. The van der Waals surface area contributed by atoms with Crippen LogP contribution in [0.5, 0.6) is 0 Å². The number of carbonyl (C=O) groups is 3. The fourth-order valence-corrected chi connectivity index (χ4v) is 16.1. The number of amides is 3. The van der Waals surface area contributed by atoms with E-state index in [-0.39, 0.29) is 42.8 Å². The maximum atomic E-state index is 13.5. The van der Waals surface area contributed by atoms with Crippen molar-refractivity contribution in [1.82, 2.24) is 55.5 Å². The Hall–Kier alpha value is -7.26. The van der Waals surface area contributed by atoms with Crippen molar-refractivity contribution in [2.75, 3.05) is 39.5 Å². The standard InChI is InChI=1S/C26H21Cl2N3O3S.C25H26Cl2N4O2S.C22H20Cl2N4O2S/c27-19-6-7-23(21(28)11-19)31-25-18(10-16-8-9-35-15-16)13-34-14-20(25)24(30-31)26(33)29-22(12-32)17-4-2-1-3-5-17;1-15-4-3-5-16(2)30(15)29-25(32)23-20-13-33-12-18(10-17-8-9-34-14-17)24(20)31(28-23)22-7-6-19(26)11-21(22)27;23-16-3-4-19(18(24)10-16)28-21-15(9-14-5-8-31-13-14)11-30-12-17(21)20(25-28)22(29)26-27-6-1-2-7-27/h1-11,15,22,32H,12-14H2,(H,29,33);6-11,14-16H,3-5,12-13H2,1-2H3,(H,29,32);3-5,8-10,13H,1-2,6-7,11-12H2,(H,26,29)/b2*18-10+;15-9+/t22-;;/m1../s1. The van der Waals surface area contributed by atoms with Gasteiger partial charge in [0.25, 0.3) is 17.7 Å². The monoisotopic (exact) mass is 1520 g/mol. The Bertz CT molecular complexity index is 4690. The molecule has 100 heavy (non-hydrogen) atoms. The van der Waals surface area contributed by atoms with Crippen LogP contribution in [0.1, 0.15) is 139 Å². The molecule has 4 N–H and O–H groups in total. The molecule has 18 nitrogen and oxygen atoms in total. The number of hydrogen-bond donors (Lipinski definition) is 4. The lowest BCUT2D eigenvalue weighted by molar-refractivity contribution is 0.0363. The average Bonchev–Trinajstić information content (AvgIpc) is 1.62. The number of nitrogens with one attached hydrogen (secondary N) is 3. The highest BCUT2D eigenvalue weighted by Crippen LogP contribution is 2.40. The summed E-state index contributed by atoms with van der Waals surface area (Å²) < 4.78 is 22.8. The summed E-state index contributed by atoms with van der Waals surface area (Å²) in [5, 5.41) is 46.2. The van der Waals surface area contributed by atoms with E-state index in [0.29, 0.717) is 97.2 Å². The van der Waals surface area contributed by atoms with Gasteiger partial charge in [0.05, 0.1) is 102 Å². The maximum absolute atomic E-state index is 13.5. The molecule has 15 rings (SSSR count). The normalized spacial score (nSPS) is 18.3. The Morgan fingerprint density at radius 2 is 0.910 bits per heavy atom. The molecule has 6 aromatic heterocycles. The Morgan fingerprint density at radius 3 is 1.28 bits per heavy atom. The largest absolute Gasteiger partial charge is 0.394 e. The molecule has 3 amide bonds. The van der Waals surface area contributed by atoms with Gasteiger partial charge in [-0.1, -0.05) is 106 Å². The van der Waals surface area contributed by atoms with Gasteiger partial charge in [0.15, 0.2) is 17.1 Å². The van der Waals surface area contributed by atoms with Crippen LogP contribution < -0.4 is 16.2 Å². The highest BCUT2D eigenvalue weighted by atomic mass is 35.5. The smallest absolute Gasteiger partial charge is 0.286 e. The number of benzene rings is 4. The van der Waals surface area contributed by atoms with Crippen LogP contribution in [0, 0.1) is 0 Å². The van der Waals surface area contributed by atoms with Crippen LogP contribution in [0.4, 0.5) is 0 Å². The van der Waals surface area contributed by atoms with Gasteiger partial charge in [-0.25, -0.2) is 24.1 Å². The predicted octanol–water partition coefficient (Wildman–Crippen LogP) is 17.0. The third-order valence-corrected chi connectivity index (χ3v) is 21.3.